The molecule has 6 nitrogen and oxygen atoms in total. The van der Waals surface area contributed by atoms with Crippen LogP contribution in [0.1, 0.15) is 5.56 Å². The van der Waals surface area contributed by atoms with Crippen LogP contribution in [0.5, 0.6) is 5.75 Å². The predicted molar refractivity (Wildman–Crippen MR) is 107 cm³/mol. The number of nitrogens with zero attached hydrogens (tertiary/aromatic N) is 1. The van der Waals surface area contributed by atoms with Crippen molar-refractivity contribution in [2.45, 2.75) is 0 Å². The molecule has 0 saturated carbocycles. The second-order valence-electron chi connectivity index (χ2n) is 5.33. The number of ether oxygens (including phenoxy) is 1. The number of amides is 1. The maximum atomic E-state index is 12.1. The fourth-order valence-corrected chi connectivity index (χ4v) is 3.34. The van der Waals surface area contributed by atoms with Crippen LogP contribution in [-0.2, 0) is 9.59 Å². The normalized spacial score (nSPS) is 16.6. The summed E-state index contributed by atoms with van der Waals surface area (Å²) < 4.78 is 5.07. The van der Waals surface area contributed by atoms with Crippen LogP contribution in [0, 0.1) is 0 Å². The molecular formula is C18H12Cl2N2O4S. The number of carboxylic acid groups (broad SMARTS) is 1. The quantitative estimate of drug-likeness (QED) is 0.699. The largest absolute Gasteiger partial charge is 0.480 e. The first-order chi connectivity index (χ1) is 12.9. The monoisotopic (exact) mass is 422 g/mol. The van der Waals surface area contributed by atoms with Crippen molar-refractivity contribution in [3.63, 3.8) is 0 Å². The van der Waals surface area contributed by atoms with Crippen molar-refractivity contribution in [2.75, 3.05) is 6.61 Å². The molecule has 0 unspecified atom stereocenters. The molecule has 0 radical (unpaired) electrons. The fourth-order valence-electron chi connectivity index (χ4n) is 2.13. The summed E-state index contributed by atoms with van der Waals surface area (Å²) in [5.41, 5.74) is 1.35. The van der Waals surface area contributed by atoms with Crippen molar-refractivity contribution in [2.24, 2.45) is 4.99 Å². The van der Waals surface area contributed by atoms with Crippen molar-refractivity contribution < 1.29 is 19.4 Å². The third-order valence-electron chi connectivity index (χ3n) is 3.31. The Morgan fingerprint density at radius 1 is 1.22 bits per heavy atom. The number of carboxylic acids is 1. The van der Waals surface area contributed by atoms with Crippen LogP contribution >= 0.6 is 35.0 Å². The van der Waals surface area contributed by atoms with E-state index in [1.54, 1.807) is 48.5 Å². The molecule has 0 bridgehead atoms. The number of carbonyl (C=O) groups excluding carboxylic acids is 1. The number of hydrogen-bond acceptors (Lipinski definition) is 5. The van der Waals surface area contributed by atoms with E-state index in [9.17, 15) is 9.59 Å². The van der Waals surface area contributed by atoms with Crippen molar-refractivity contribution >= 4 is 63.8 Å². The van der Waals surface area contributed by atoms with Crippen molar-refractivity contribution in [3.8, 4) is 5.75 Å². The number of carbonyl (C=O) groups is 2. The van der Waals surface area contributed by atoms with Crippen LogP contribution in [-0.4, -0.2) is 28.8 Å². The molecule has 3 rings (SSSR count). The average Bonchev–Trinajstić information content (AvgIpc) is 2.95. The number of halogens is 2. The van der Waals surface area contributed by atoms with Crippen LogP contribution in [0.4, 0.5) is 5.69 Å². The van der Waals surface area contributed by atoms with Gasteiger partial charge in [0.1, 0.15) is 5.75 Å². The highest BCUT2D eigenvalue weighted by atomic mass is 35.5. The molecule has 0 atom stereocenters. The lowest BCUT2D eigenvalue weighted by atomic mass is 10.2. The van der Waals surface area contributed by atoms with E-state index in [4.69, 9.17) is 33.0 Å². The maximum Gasteiger partial charge on any atom is 0.341 e. The minimum absolute atomic E-state index is 0.254. The zero-order chi connectivity index (χ0) is 19.4. The minimum atomic E-state index is -1.09. The summed E-state index contributed by atoms with van der Waals surface area (Å²) in [6.45, 7) is -0.483. The third kappa shape index (κ3) is 5.26. The number of aliphatic imine (C=N–C) groups is 1. The molecule has 9 heteroatoms. The lowest BCUT2D eigenvalue weighted by Crippen LogP contribution is -2.19. The number of amidine groups is 1. The average molecular weight is 423 g/mol. The number of aliphatic carboxylic acids is 1. The fraction of sp³-hybridized carbons (Fsp3) is 0.0556. The molecule has 1 heterocycles. The van der Waals surface area contributed by atoms with Gasteiger partial charge in [0.25, 0.3) is 5.91 Å². The van der Waals surface area contributed by atoms with Gasteiger partial charge in [-0.3, -0.25) is 4.79 Å². The van der Waals surface area contributed by atoms with Crippen molar-refractivity contribution in [3.05, 3.63) is 63.0 Å². The number of hydrogen-bond donors (Lipinski definition) is 2. The number of benzene rings is 2. The Kier molecular flexibility index (Phi) is 6.05. The Morgan fingerprint density at radius 3 is 2.63 bits per heavy atom. The van der Waals surface area contributed by atoms with Crippen LogP contribution in [0.25, 0.3) is 6.08 Å². The Morgan fingerprint density at radius 2 is 1.96 bits per heavy atom. The first-order valence-corrected chi connectivity index (χ1v) is 9.17. The van der Waals surface area contributed by atoms with Crippen LogP contribution in [0.15, 0.2) is 52.4 Å². The number of nitrogens with one attached hydrogen (secondary N) is 1. The van der Waals surface area contributed by atoms with E-state index >= 15 is 0 Å². The van der Waals surface area contributed by atoms with Gasteiger partial charge in [0.2, 0.25) is 0 Å². The molecular weight excluding hydrogens is 411 g/mol. The molecule has 2 aromatic rings. The van der Waals surface area contributed by atoms with Crippen molar-refractivity contribution in [1.29, 1.82) is 0 Å². The zero-order valence-corrected chi connectivity index (χ0v) is 15.9. The lowest BCUT2D eigenvalue weighted by molar-refractivity contribution is -0.139. The summed E-state index contributed by atoms with van der Waals surface area (Å²) in [5, 5.41) is 12.7. The predicted octanol–water partition coefficient (Wildman–Crippen LogP) is 4.35. The maximum absolute atomic E-state index is 12.1. The Hall–Kier alpha value is -2.48. The van der Waals surface area contributed by atoms with E-state index in [1.165, 1.54) is 11.8 Å². The molecule has 2 N–H and O–H groups in total. The van der Waals surface area contributed by atoms with E-state index in [0.717, 1.165) is 0 Å². The van der Waals surface area contributed by atoms with Gasteiger partial charge in [0.05, 0.1) is 15.6 Å². The Balaban J connectivity index is 1.75. The summed E-state index contributed by atoms with van der Waals surface area (Å²) in [6, 6.07) is 11.8. The molecule has 27 heavy (non-hydrogen) atoms. The Bertz CT molecular complexity index is 958. The molecule has 1 aliphatic rings. The second-order valence-corrected chi connectivity index (χ2v) is 7.20. The molecule has 138 valence electrons. The molecule has 0 aliphatic carbocycles. The van der Waals surface area contributed by atoms with Gasteiger partial charge in [-0.1, -0.05) is 29.3 Å². The Labute approximate surface area is 168 Å². The van der Waals surface area contributed by atoms with Gasteiger partial charge in [-0.25, -0.2) is 9.79 Å². The molecule has 2 aromatic carbocycles. The molecule has 0 aromatic heterocycles. The minimum Gasteiger partial charge on any atom is -0.480 e. The summed E-state index contributed by atoms with van der Waals surface area (Å²) in [6.07, 6.45) is 1.66. The number of thioether (sulfide) groups is 1. The van der Waals surface area contributed by atoms with Gasteiger partial charge in [-0.05, 0) is 59.8 Å². The third-order valence-corrected chi connectivity index (χ3v) is 4.77. The highest BCUT2D eigenvalue weighted by molar-refractivity contribution is 8.18. The lowest BCUT2D eigenvalue weighted by Gasteiger charge is -2.06. The standard InChI is InChI=1S/C18H12Cl2N2O4S/c19-11-2-4-12(5-3-11)21-18-22-17(25)15(27-18)8-10-1-6-14(13(20)7-10)26-9-16(23)24/h1-8H,9H2,(H,23,24)(H,21,22,25)/b15-8-. The second kappa shape index (κ2) is 8.47. The first kappa shape index (κ1) is 19.3. The number of rotatable bonds is 5. The first-order valence-electron chi connectivity index (χ1n) is 7.60. The molecule has 1 saturated heterocycles. The topological polar surface area (TPSA) is 88.0 Å². The molecule has 1 aliphatic heterocycles. The van der Waals surface area contributed by atoms with E-state index in [-0.39, 0.29) is 16.7 Å². The van der Waals surface area contributed by atoms with Gasteiger partial charge in [0.15, 0.2) is 11.8 Å². The summed E-state index contributed by atoms with van der Waals surface area (Å²) in [5.74, 6) is -1.10. The highest BCUT2D eigenvalue weighted by Gasteiger charge is 2.23. The van der Waals surface area contributed by atoms with Gasteiger partial charge >= 0.3 is 5.97 Å². The highest BCUT2D eigenvalue weighted by Crippen LogP contribution is 2.31. The van der Waals surface area contributed by atoms with Gasteiger partial charge < -0.3 is 15.2 Å². The molecule has 1 fully saturated rings. The van der Waals surface area contributed by atoms with E-state index in [0.29, 0.717) is 26.3 Å². The zero-order valence-electron chi connectivity index (χ0n) is 13.6. The van der Waals surface area contributed by atoms with E-state index < -0.39 is 12.6 Å². The van der Waals surface area contributed by atoms with Crippen LogP contribution in [0.2, 0.25) is 10.0 Å². The van der Waals surface area contributed by atoms with Gasteiger partial charge in [-0.2, -0.15) is 0 Å². The summed E-state index contributed by atoms with van der Waals surface area (Å²) in [4.78, 5) is 27.5. The van der Waals surface area contributed by atoms with Crippen LogP contribution in [0.3, 0.4) is 0 Å². The van der Waals surface area contributed by atoms with Crippen LogP contribution < -0.4 is 10.1 Å². The van der Waals surface area contributed by atoms with Crippen molar-refractivity contribution in [1.82, 2.24) is 5.32 Å². The van der Waals surface area contributed by atoms with Gasteiger partial charge in [0, 0.05) is 5.02 Å². The summed E-state index contributed by atoms with van der Waals surface area (Å²) >= 11 is 13.1. The molecule has 0 spiro atoms. The van der Waals surface area contributed by atoms with E-state index in [2.05, 4.69) is 10.3 Å². The van der Waals surface area contributed by atoms with Gasteiger partial charge in [-0.15, -0.1) is 0 Å². The van der Waals surface area contributed by atoms with E-state index in [1.807, 2.05) is 0 Å². The SMILES string of the molecule is O=C(O)COc1ccc(/C=C2\SC(=Nc3ccc(Cl)cc3)NC2=O)cc1Cl. The summed E-state index contributed by atoms with van der Waals surface area (Å²) in [7, 11) is 0. The smallest absolute Gasteiger partial charge is 0.341 e. The molecule has 1 amide bonds.